The Balaban J connectivity index is 1.86. The van der Waals surface area contributed by atoms with Crippen molar-refractivity contribution < 1.29 is 9.47 Å². The first-order valence-corrected chi connectivity index (χ1v) is 5.86. The molecule has 0 saturated heterocycles. The summed E-state index contributed by atoms with van der Waals surface area (Å²) in [5, 5.41) is 8.85. The second kappa shape index (κ2) is 4.90. The number of fused-ring (bicyclic) bond motifs is 1. The van der Waals surface area contributed by atoms with Crippen LogP contribution in [0.3, 0.4) is 0 Å². The van der Waals surface area contributed by atoms with Gasteiger partial charge >= 0.3 is 0 Å². The van der Waals surface area contributed by atoms with Gasteiger partial charge in [0.25, 0.3) is 0 Å². The predicted molar refractivity (Wildman–Crippen MR) is 72.7 cm³/mol. The molecule has 98 valence electrons. The predicted octanol–water partition coefficient (Wildman–Crippen LogP) is 1.83. The van der Waals surface area contributed by atoms with E-state index in [1.807, 2.05) is 30.3 Å². The zero-order chi connectivity index (χ0) is 13.9. The number of nitrogen functional groups attached to an aromatic ring is 1. The SMILES string of the molecule is N#Cc1nc(/C=C\c2ccc3c(c2)OCO3)cnc1N. The molecule has 6 heteroatoms. The van der Waals surface area contributed by atoms with Crippen molar-refractivity contribution in [2.45, 2.75) is 0 Å². The Hall–Kier alpha value is -3.07. The van der Waals surface area contributed by atoms with Crippen LogP contribution in [0.1, 0.15) is 17.0 Å². The molecule has 20 heavy (non-hydrogen) atoms. The standard InChI is InChI=1S/C14H10N4O2/c15-6-11-14(16)17-7-10(18-11)3-1-9-2-4-12-13(5-9)20-8-19-12/h1-5,7H,8H2,(H2,16,17)/b3-1-. The molecule has 0 saturated carbocycles. The van der Waals surface area contributed by atoms with E-state index in [2.05, 4.69) is 9.97 Å². The number of nitrogens with two attached hydrogens (primary N) is 1. The summed E-state index contributed by atoms with van der Waals surface area (Å²) in [6.45, 7) is 0.247. The molecule has 3 rings (SSSR count). The van der Waals surface area contributed by atoms with Gasteiger partial charge in [0.05, 0.1) is 11.9 Å². The van der Waals surface area contributed by atoms with Gasteiger partial charge in [0.15, 0.2) is 23.0 Å². The molecule has 0 fully saturated rings. The summed E-state index contributed by atoms with van der Waals surface area (Å²) >= 11 is 0. The van der Waals surface area contributed by atoms with E-state index >= 15 is 0 Å². The maximum absolute atomic E-state index is 8.85. The Morgan fingerprint density at radius 2 is 2.10 bits per heavy atom. The molecule has 0 unspecified atom stereocenters. The van der Waals surface area contributed by atoms with Crippen LogP contribution in [-0.4, -0.2) is 16.8 Å². The molecule has 1 aliphatic rings. The zero-order valence-corrected chi connectivity index (χ0v) is 10.4. The number of hydrogen-bond acceptors (Lipinski definition) is 6. The minimum Gasteiger partial charge on any atom is -0.454 e. The van der Waals surface area contributed by atoms with Gasteiger partial charge in [0.2, 0.25) is 6.79 Å². The van der Waals surface area contributed by atoms with Gasteiger partial charge in [-0.25, -0.2) is 9.97 Å². The van der Waals surface area contributed by atoms with Crippen LogP contribution in [0.15, 0.2) is 24.4 Å². The molecule has 2 N–H and O–H groups in total. The Bertz CT molecular complexity index is 734. The topological polar surface area (TPSA) is 94.0 Å². The fourth-order valence-corrected chi connectivity index (χ4v) is 1.77. The molecule has 0 aliphatic carbocycles. The second-order valence-corrected chi connectivity index (χ2v) is 4.09. The number of ether oxygens (including phenoxy) is 2. The maximum atomic E-state index is 8.85. The van der Waals surface area contributed by atoms with E-state index in [0.717, 1.165) is 11.3 Å². The van der Waals surface area contributed by atoms with E-state index in [4.69, 9.17) is 20.5 Å². The maximum Gasteiger partial charge on any atom is 0.231 e. The molecule has 0 spiro atoms. The molecule has 1 aromatic heterocycles. The van der Waals surface area contributed by atoms with Crippen LogP contribution in [0.4, 0.5) is 5.82 Å². The summed E-state index contributed by atoms with van der Waals surface area (Å²) in [4.78, 5) is 8.00. The lowest BCUT2D eigenvalue weighted by Crippen LogP contribution is -1.98. The van der Waals surface area contributed by atoms with Gasteiger partial charge < -0.3 is 15.2 Å². The van der Waals surface area contributed by atoms with E-state index in [1.54, 1.807) is 6.08 Å². The molecular weight excluding hydrogens is 256 g/mol. The molecule has 2 aromatic rings. The first-order valence-electron chi connectivity index (χ1n) is 5.86. The van der Waals surface area contributed by atoms with Crippen molar-refractivity contribution in [2.24, 2.45) is 0 Å². The van der Waals surface area contributed by atoms with E-state index in [1.165, 1.54) is 6.20 Å². The average molecular weight is 266 g/mol. The molecule has 2 heterocycles. The molecule has 0 radical (unpaired) electrons. The highest BCUT2D eigenvalue weighted by molar-refractivity contribution is 5.70. The largest absolute Gasteiger partial charge is 0.454 e. The average Bonchev–Trinajstić information content (AvgIpc) is 2.94. The quantitative estimate of drug-likeness (QED) is 0.891. The van der Waals surface area contributed by atoms with Gasteiger partial charge in [-0.15, -0.1) is 0 Å². The number of rotatable bonds is 2. The summed E-state index contributed by atoms with van der Waals surface area (Å²) in [7, 11) is 0. The number of anilines is 1. The van der Waals surface area contributed by atoms with Crippen molar-refractivity contribution in [1.29, 1.82) is 5.26 Å². The number of nitrogens with zero attached hydrogens (tertiary/aromatic N) is 3. The van der Waals surface area contributed by atoms with Gasteiger partial charge in [0, 0.05) is 0 Å². The number of nitriles is 1. The van der Waals surface area contributed by atoms with Crippen molar-refractivity contribution >= 4 is 18.0 Å². The smallest absolute Gasteiger partial charge is 0.231 e. The van der Waals surface area contributed by atoms with Crippen LogP contribution in [0, 0.1) is 11.3 Å². The van der Waals surface area contributed by atoms with Crippen molar-refractivity contribution in [3.05, 3.63) is 41.3 Å². The second-order valence-electron chi connectivity index (χ2n) is 4.09. The van der Waals surface area contributed by atoms with Crippen LogP contribution in [0.2, 0.25) is 0 Å². The van der Waals surface area contributed by atoms with Crippen molar-refractivity contribution in [1.82, 2.24) is 9.97 Å². The molecule has 0 amide bonds. The molecule has 0 atom stereocenters. The van der Waals surface area contributed by atoms with Crippen LogP contribution < -0.4 is 15.2 Å². The lowest BCUT2D eigenvalue weighted by molar-refractivity contribution is 0.174. The van der Waals surface area contributed by atoms with Gasteiger partial charge in [-0.1, -0.05) is 12.1 Å². The lowest BCUT2D eigenvalue weighted by Gasteiger charge is -1.99. The normalized spacial score (nSPS) is 12.6. The van der Waals surface area contributed by atoms with E-state index in [9.17, 15) is 0 Å². The molecule has 0 bridgehead atoms. The molecule has 6 nitrogen and oxygen atoms in total. The zero-order valence-electron chi connectivity index (χ0n) is 10.4. The van der Waals surface area contributed by atoms with Crippen LogP contribution in [-0.2, 0) is 0 Å². The fourth-order valence-electron chi connectivity index (χ4n) is 1.77. The van der Waals surface area contributed by atoms with E-state index in [0.29, 0.717) is 11.4 Å². The van der Waals surface area contributed by atoms with Crippen LogP contribution in [0.25, 0.3) is 12.2 Å². The molecule has 1 aliphatic heterocycles. The van der Waals surface area contributed by atoms with Crippen molar-refractivity contribution in [3.63, 3.8) is 0 Å². The highest BCUT2D eigenvalue weighted by atomic mass is 16.7. The summed E-state index contributed by atoms with van der Waals surface area (Å²) in [5.41, 5.74) is 7.14. The highest BCUT2D eigenvalue weighted by Gasteiger charge is 2.12. The lowest BCUT2D eigenvalue weighted by atomic mass is 10.2. The molecule has 1 aromatic carbocycles. The number of benzene rings is 1. The monoisotopic (exact) mass is 266 g/mol. The minimum absolute atomic E-state index is 0.123. The summed E-state index contributed by atoms with van der Waals surface area (Å²) < 4.78 is 10.5. The van der Waals surface area contributed by atoms with Crippen LogP contribution >= 0.6 is 0 Å². The fraction of sp³-hybridized carbons (Fsp3) is 0.0714. The third-order valence-electron chi connectivity index (χ3n) is 2.77. The third-order valence-corrected chi connectivity index (χ3v) is 2.77. The number of hydrogen-bond donors (Lipinski definition) is 1. The summed E-state index contributed by atoms with van der Waals surface area (Å²) in [6, 6.07) is 7.52. The molecular formula is C14H10N4O2. The Morgan fingerprint density at radius 3 is 2.95 bits per heavy atom. The van der Waals surface area contributed by atoms with E-state index < -0.39 is 0 Å². The first-order chi connectivity index (χ1) is 9.76. The van der Waals surface area contributed by atoms with Gasteiger partial charge in [-0.05, 0) is 23.8 Å². The van der Waals surface area contributed by atoms with E-state index in [-0.39, 0.29) is 18.3 Å². The van der Waals surface area contributed by atoms with Gasteiger partial charge in [-0.3, -0.25) is 0 Å². The number of aromatic nitrogens is 2. The highest BCUT2D eigenvalue weighted by Crippen LogP contribution is 2.32. The summed E-state index contributed by atoms with van der Waals surface area (Å²) in [5.74, 6) is 1.59. The summed E-state index contributed by atoms with van der Waals surface area (Å²) in [6.07, 6.45) is 5.12. The van der Waals surface area contributed by atoms with Crippen LogP contribution in [0.5, 0.6) is 11.5 Å². The minimum atomic E-state index is 0.123. The van der Waals surface area contributed by atoms with Gasteiger partial charge in [0.1, 0.15) is 6.07 Å². The van der Waals surface area contributed by atoms with Crippen molar-refractivity contribution in [2.75, 3.05) is 12.5 Å². The Kier molecular flexibility index (Phi) is 2.94. The third kappa shape index (κ3) is 2.24. The van der Waals surface area contributed by atoms with Crippen molar-refractivity contribution in [3.8, 4) is 17.6 Å². The Labute approximate surface area is 115 Å². The van der Waals surface area contributed by atoms with Gasteiger partial charge in [-0.2, -0.15) is 5.26 Å². The first kappa shape index (κ1) is 12.0. The Morgan fingerprint density at radius 1 is 1.25 bits per heavy atom.